The van der Waals surface area contributed by atoms with Crippen LogP contribution in [0.1, 0.15) is 51.0 Å². The van der Waals surface area contributed by atoms with E-state index in [2.05, 4.69) is 15.5 Å². The van der Waals surface area contributed by atoms with Gasteiger partial charge >= 0.3 is 15.9 Å². The van der Waals surface area contributed by atoms with Crippen molar-refractivity contribution >= 4 is 72.7 Å². The lowest BCUT2D eigenvalue weighted by Crippen LogP contribution is -2.44. The topological polar surface area (TPSA) is 192 Å². The first-order valence-corrected chi connectivity index (χ1v) is 18.1. The lowest BCUT2D eigenvalue weighted by Gasteiger charge is -2.40. The molecule has 4 amide bonds. The number of aromatic nitrogens is 2. The van der Waals surface area contributed by atoms with Crippen molar-refractivity contribution in [2.75, 3.05) is 21.1 Å². The fraction of sp³-hybridized carbons (Fsp3) is 0.382. The minimum Gasteiger partial charge on any atom is -0.506 e. The van der Waals surface area contributed by atoms with Crippen LogP contribution in [0.5, 0.6) is 5.75 Å². The van der Waals surface area contributed by atoms with Gasteiger partial charge in [-0.1, -0.05) is 0 Å². The second-order valence-electron chi connectivity index (χ2n) is 13.8. The predicted molar refractivity (Wildman–Crippen MR) is 184 cm³/mol. The monoisotopic (exact) mass is 719 g/mol. The zero-order valence-electron chi connectivity index (χ0n) is 27.4. The summed E-state index contributed by atoms with van der Waals surface area (Å²) < 4.78 is 45.2. The maximum absolute atomic E-state index is 15.5. The maximum Gasteiger partial charge on any atom is 0.329 e. The predicted octanol–water partition coefficient (Wildman–Crippen LogP) is 2.27. The summed E-state index contributed by atoms with van der Waals surface area (Å²) >= 11 is 0. The number of fused-ring (bicyclic) bond motifs is 4. The summed E-state index contributed by atoms with van der Waals surface area (Å²) in [6, 6.07) is 11.0. The van der Waals surface area contributed by atoms with E-state index in [0.717, 1.165) is 31.4 Å². The molecule has 0 spiro atoms. The molecular formula is C34H34FN7O8S. The summed E-state index contributed by atoms with van der Waals surface area (Å²) in [6.45, 7) is -0.663. The van der Waals surface area contributed by atoms with Crippen LogP contribution in [0.4, 0.5) is 21.5 Å². The van der Waals surface area contributed by atoms with Crippen molar-refractivity contribution in [1.29, 1.82) is 0 Å². The molecule has 4 atom stereocenters. The Morgan fingerprint density at radius 3 is 2.41 bits per heavy atom. The van der Waals surface area contributed by atoms with E-state index < -0.39 is 51.9 Å². The highest BCUT2D eigenvalue weighted by atomic mass is 32.2. The van der Waals surface area contributed by atoms with Crippen LogP contribution >= 0.6 is 0 Å². The zero-order chi connectivity index (χ0) is 35.9. The van der Waals surface area contributed by atoms with Gasteiger partial charge in [-0.15, -0.1) is 0 Å². The van der Waals surface area contributed by atoms with Gasteiger partial charge in [0.2, 0.25) is 17.7 Å². The van der Waals surface area contributed by atoms with E-state index in [0.29, 0.717) is 21.0 Å². The standard InChI is InChI=1S/C34H34FN7O8S/c1-39-26-15-22(5-7-24(26)42(34(39)48)25-8-9-28(44)37-33(25)47)41-20-3-4-21(41)11-17(10-20)12-29(45)36-19-2-6-23-18(13-19)14-27(43)32(31(23)35)40-16-30(46)38-51(40,49)50/h2,5-7,13-15,17,20-21,25,43H,3-4,8-12,16H2,1H3,(H,36,45)(H,38,46)(H,37,44,47)/t17?,20-,21+,25?. The van der Waals surface area contributed by atoms with Gasteiger partial charge in [-0.25, -0.2) is 18.2 Å². The van der Waals surface area contributed by atoms with E-state index in [4.69, 9.17) is 0 Å². The van der Waals surface area contributed by atoms with Gasteiger partial charge in [0.1, 0.15) is 24.0 Å². The number of piperidine rings is 2. The largest absolute Gasteiger partial charge is 0.506 e. The number of aromatic hydroxyl groups is 1. The molecule has 4 N–H and O–H groups in total. The van der Waals surface area contributed by atoms with Crippen LogP contribution in [-0.2, 0) is 36.4 Å². The fourth-order valence-electron chi connectivity index (χ4n) is 8.39. The molecule has 4 aliphatic rings. The van der Waals surface area contributed by atoms with Gasteiger partial charge in [0.25, 0.3) is 5.91 Å². The number of phenols is 1. The molecule has 8 rings (SSSR count). The highest BCUT2D eigenvalue weighted by Crippen LogP contribution is 2.44. The Morgan fingerprint density at radius 1 is 0.980 bits per heavy atom. The number of aryl methyl sites for hydroxylation is 1. The molecule has 266 valence electrons. The minimum atomic E-state index is -4.34. The third-order valence-electron chi connectivity index (χ3n) is 10.6. The summed E-state index contributed by atoms with van der Waals surface area (Å²) in [5, 5.41) is 16.0. The van der Waals surface area contributed by atoms with Crippen LogP contribution < -0.4 is 30.3 Å². The summed E-state index contributed by atoms with van der Waals surface area (Å²) in [6.07, 6.45) is 4.19. The molecule has 4 saturated heterocycles. The maximum atomic E-state index is 15.5. The Balaban J connectivity index is 0.957. The molecule has 1 aromatic heterocycles. The van der Waals surface area contributed by atoms with Crippen LogP contribution in [0.3, 0.4) is 0 Å². The number of rotatable bonds is 6. The van der Waals surface area contributed by atoms with Crippen LogP contribution in [0.25, 0.3) is 21.8 Å². The number of hydrogen-bond acceptors (Lipinski definition) is 9. The second-order valence-corrected chi connectivity index (χ2v) is 15.4. The molecule has 3 aromatic carbocycles. The average Bonchev–Trinajstić information content (AvgIpc) is 3.59. The molecular weight excluding hydrogens is 685 g/mol. The Morgan fingerprint density at radius 2 is 1.73 bits per heavy atom. The molecule has 4 aromatic rings. The first-order valence-electron chi connectivity index (χ1n) is 16.7. The molecule has 0 aliphatic carbocycles. The Bertz CT molecular complexity index is 2360. The number of nitrogens with zero attached hydrogens (tertiary/aromatic N) is 4. The number of imide groups is 1. The van der Waals surface area contributed by atoms with E-state index in [-0.39, 0.29) is 65.5 Å². The molecule has 2 bridgehead atoms. The number of halogens is 1. The highest BCUT2D eigenvalue weighted by Gasteiger charge is 2.42. The normalized spacial score (nSPS) is 24.3. The number of imidazole rings is 1. The number of nitrogens with one attached hydrogen (secondary N) is 3. The van der Waals surface area contributed by atoms with Crippen molar-refractivity contribution in [3.8, 4) is 5.75 Å². The zero-order valence-corrected chi connectivity index (χ0v) is 28.2. The number of hydrogen-bond donors (Lipinski definition) is 4. The van der Waals surface area contributed by atoms with Crippen LogP contribution in [-0.4, -0.2) is 64.9 Å². The molecule has 17 heteroatoms. The number of anilines is 3. The van der Waals surface area contributed by atoms with Gasteiger partial charge in [0.05, 0.1) is 11.0 Å². The molecule has 5 heterocycles. The lowest BCUT2D eigenvalue weighted by atomic mass is 9.87. The second kappa shape index (κ2) is 11.8. The summed E-state index contributed by atoms with van der Waals surface area (Å²) in [5.74, 6) is -3.46. The summed E-state index contributed by atoms with van der Waals surface area (Å²) in [5.41, 5.74) is 1.71. The smallest absolute Gasteiger partial charge is 0.329 e. The number of carbonyl (C=O) groups is 4. The van der Waals surface area contributed by atoms with Crippen molar-refractivity contribution in [2.24, 2.45) is 13.0 Å². The minimum absolute atomic E-state index is 0.00471. The van der Waals surface area contributed by atoms with Crippen molar-refractivity contribution in [3.63, 3.8) is 0 Å². The van der Waals surface area contributed by atoms with E-state index in [1.807, 2.05) is 18.2 Å². The Kier molecular flexibility index (Phi) is 7.59. The quantitative estimate of drug-likeness (QED) is 0.217. The first kappa shape index (κ1) is 32.7. The molecule has 15 nitrogen and oxygen atoms in total. The van der Waals surface area contributed by atoms with Gasteiger partial charge < -0.3 is 15.3 Å². The van der Waals surface area contributed by atoms with E-state index in [9.17, 15) is 37.5 Å². The molecule has 4 aliphatic heterocycles. The fourth-order valence-corrected chi connectivity index (χ4v) is 9.56. The van der Waals surface area contributed by atoms with Crippen molar-refractivity contribution in [2.45, 2.75) is 63.1 Å². The van der Waals surface area contributed by atoms with E-state index in [1.54, 1.807) is 11.8 Å². The third kappa shape index (κ3) is 5.46. The first-order chi connectivity index (χ1) is 24.3. The number of benzene rings is 3. The van der Waals surface area contributed by atoms with Gasteiger partial charge in [0, 0.05) is 48.7 Å². The van der Waals surface area contributed by atoms with Crippen LogP contribution in [0.15, 0.2) is 47.3 Å². The Labute approximate surface area is 290 Å². The van der Waals surface area contributed by atoms with Crippen molar-refractivity contribution in [3.05, 3.63) is 58.8 Å². The van der Waals surface area contributed by atoms with Gasteiger partial charge in [-0.2, -0.15) is 8.42 Å². The van der Waals surface area contributed by atoms with Crippen molar-refractivity contribution in [1.82, 2.24) is 19.2 Å². The van der Waals surface area contributed by atoms with Gasteiger partial charge in [-0.3, -0.25) is 33.6 Å². The molecule has 4 fully saturated rings. The highest BCUT2D eigenvalue weighted by molar-refractivity contribution is 7.92. The van der Waals surface area contributed by atoms with Crippen LogP contribution in [0.2, 0.25) is 0 Å². The lowest BCUT2D eigenvalue weighted by molar-refractivity contribution is -0.135. The summed E-state index contributed by atoms with van der Waals surface area (Å²) in [7, 11) is -2.67. The average molecular weight is 720 g/mol. The number of carbonyl (C=O) groups excluding carboxylic acids is 4. The van der Waals surface area contributed by atoms with Crippen molar-refractivity contribution < 1.29 is 37.1 Å². The molecule has 2 unspecified atom stereocenters. The third-order valence-corrected chi connectivity index (χ3v) is 12.0. The number of phenolic OH excluding ortho intramolecular Hbond substituents is 1. The van der Waals surface area contributed by atoms with Gasteiger partial charge in [0.15, 0.2) is 5.82 Å². The SMILES string of the molecule is Cn1c(=O)n(C2CCC(=O)NC2=O)c2ccc(N3[C@@H]4CC[C@H]3CC(CC(=O)Nc3ccc5c(F)c(N6CC(=O)NS6(=O)=O)c(O)cc5c3)C4)cc21. The van der Waals surface area contributed by atoms with E-state index in [1.165, 1.54) is 33.4 Å². The molecule has 0 radical (unpaired) electrons. The number of amides is 4. The summed E-state index contributed by atoms with van der Waals surface area (Å²) in [4.78, 5) is 64.8. The van der Waals surface area contributed by atoms with Crippen LogP contribution in [0, 0.1) is 11.7 Å². The Hall–Kier alpha value is -5.45. The molecule has 0 saturated carbocycles. The molecule has 51 heavy (non-hydrogen) atoms. The van der Waals surface area contributed by atoms with E-state index >= 15 is 4.39 Å². The van der Waals surface area contributed by atoms with Gasteiger partial charge in [-0.05, 0) is 85.9 Å².